The molecule has 5 nitrogen and oxygen atoms in total. The maximum atomic E-state index is 13.9. The van der Waals surface area contributed by atoms with Gasteiger partial charge in [0.2, 0.25) is 0 Å². The van der Waals surface area contributed by atoms with Crippen molar-refractivity contribution in [2.24, 2.45) is 0 Å². The van der Waals surface area contributed by atoms with Crippen LogP contribution in [0.2, 0.25) is 10.0 Å². The lowest BCUT2D eigenvalue weighted by atomic mass is 9.86. The molecule has 0 aliphatic carbocycles. The molecule has 1 aromatic heterocycles. The Balaban J connectivity index is 2.00. The zero-order chi connectivity index (χ0) is 21.8. The average molecular weight is 468 g/mol. The zero-order valence-corrected chi connectivity index (χ0v) is 18.9. The van der Waals surface area contributed by atoms with E-state index in [-0.39, 0.29) is 4.90 Å². The van der Waals surface area contributed by atoms with Crippen LogP contribution in [-0.4, -0.2) is 29.0 Å². The lowest BCUT2D eigenvalue weighted by molar-refractivity contribution is 0.339. The summed E-state index contributed by atoms with van der Waals surface area (Å²) >= 11 is 12.4. The Morgan fingerprint density at radius 3 is 2.40 bits per heavy atom. The van der Waals surface area contributed by atoms with Gasteiger partial charge in [0.1, 0.15) is 22.4 Å². The molecule has 0 spiro atoms. The molecule has 3 atom stereocenters. The molecule has 4 rings (SSSR count). The number of fused-ring (bicyclic) bond motifs is 1. The van der Waals surface area contributed by atoms with Gasteiger partial charge in [-0.3, -0.25) is 0 Å². The molecule has 3 unspecified atom stereocenters. The molecule has 2 heterocycles. The number of sulfone groups is 1. The highest BCUT2D eigenvalue weighted by Gasteiger charge is 2.55. The molecule has 0 saturated carbocycles. The van der Waals surface area contributed by atoms with Gasteiger partial charge in [0.05, 0.1) is 20.6 Å². The van der Waals surface area contributed by atoms with Gasteiger partial charge < -0.3 is 5.32 Å². The predicted molar refractivity (Wildman–Crippen MR) is 117 cm³/mol. The minimum absolute atomic E-state index is 0.0393. The van der Waals surface area contributed by atoms with Crippen LogP contribution in [0.15, 0.2) is 53.4 Å². The van der Waals surface area contributed by atoms with Crippen LogP contribution in [0, 0.1) is 12.7 Å². The van der Waals surface area contributed by atoms with E-state index in [1.807, 2.05) is 19.9 Å². The predicted octanol–water partition coefficient (Wildman–Crippen LogP) is 5.27. The van der Waals surface area contributed by atoms with Crippen LogP contribution in [-0.2, 0) is 9.84 Å². The maximum Gasteiger partial charge on any atom is 0.188 e. The van der Waals surface area contributed by atoms with Gasteiger partial charge >= 0.3 is 0 Å². The first kappa shape index (κ1) is 21.2. The summed E-state index contributed by atoms with van der Waals surface area (Å²) in [5, 5.41) is 8.54. The van der Waals surface area contributed by atoms with E-state index in [1.165, 1.54) is 12.1 Å². The number of nitrogens with zero attached hydrogens (tertiary/aromatic N) is 2. The Morgan fingerprint density at radius 2 is 1.77 bits per heavy atom. The molecule has 0 fully saturated rings. The molecule has 3 aromatic rings. The van der Waals surface area contributed by atoms with Crippen molar-refractivity contribution in [2.75, 3.05) is 5.32 Å². The lowest BCUT2D eigenvalue weighted by Crippen LogP contribution is -2.58. The molecular weight excluding hydrogens is 448 g/mol. The number of aromatic nitrogens is 2. The zero-order valence-electron chi connectivity index (χ0n) is 16.5. The van der Waals surface area contributed by atoms with E-state index in [1.54, 1.807) is 29.8 Å². The van der Waals surface area contributed by atoms with Crippen molar-refractivity contribution in [3.63, 3.8) is 0 Å². The Morgan fingerprint density at radius 1 is 1.10 bits per heavy atom. The molecule has 0 saturated heterocycles. The van der Waals surface area contributed by atoms with E-state index < -0.39 is 32.5 Å². The van der Waals surface area contributed by atoms with E-state index in [4.69, 9.17) is 23.2 Å². The van der Waals surface area contributed by atoms with Crippen molar-refractivity contribution < 1.29 is 12.8 Å². The summed E-state index contributed by atoms with van der Waals surface area (Å²) in [5.74, 6) is 0.211. The fourth-order valence-corrected chi connectivity index (χ4v) is 6.43. The quantitative estimate of drug-likeness (QED) is 0.532. The number of aryl methyl sites for hydroxylation is 1. The summed E-state index contributed by atoms with van der Waals surface area (Å²) in [6.45, 7) is 5.34. The standard InChI is InChI=1S/C21H20Cl2FN3O2S/c1-12-10-19-25-13(2)21(3,30(28,29)16-7-5-15(24)6-8-16)20(27(19)26-12)14-4-9-17(22)18(23)11-14/h4-11,13,20,25H,1-3H3. The summed E-state index contributed by atoms with van der Waals surface area (Å²) < 4.78 is 41.6. The topological polar surface area (TPSA) is 64.0 Å². The third kappa shape index (κ3) is 3.11. The fraction of sp³-hybridized carbons (Fsp3) is 0.286. The van der Waals surface area contributed by atoms with E-state index in [2.05, 4.69) is 10.4 Å². The summed E-state index contributed by atoms with van der Waals surface area (Å²) in [6.07, 6.45) is 0. The van der Waals surface area contributed by atoms with Crippen LogP contribution >= 0.6 is 23.2 Å². The SMILES string of the molecule is Cc1cc2n(n1)C(c1ccc(Cl)c(Cl)c1)C(C)(S(=O)(=O)c1ccc(F)cc1)C(C)N2. The number of halogens is 3. The Bertz CT molecular complexity index is 1230. The van der Waals surface area contributed by atoms with E-state index in [0.717, 1.165) is 17.8 Å². The first-order valence-electron chi connectivity index (χ1n) is 9.33. The van der Waals surface area contributed by atoms with Crippen molar-refractivity contribution in [1.29, 1.82) is 0 Å². The van der Waals surface area contributed by atoms with E-state index >= 15 is 0 Å². The third-order valence-corrected chi connectivity index (χ3v) is 9.20. The first-order chi connectivity index (χ1) is 14.1. The summed E-state index contributed by atoms with van der Waals surface area (Å²) in [7, 11) is -3.95. The minimum Gasteiger partial charge on any atom is -0.366 e. The van der Waals surface area contributed by atoms with Gasteiger partial charge in [-0.25, -0.2) is 17.5 Å². The van der Waals surface area contributed by atoms with Crippen LogP contribution in [0.1, 0.15) is 31.1 Å². The molecule has 0 radical (unpaired) electrons. The van der Waals surface area contributed by atoms with Crippen LogP contribution in [0.25, 0.3) is 0 Å². The van der Waals surface area contributed by atoms with Crippen molar-refractivity contribution >= 4 is 38.9 Å². The fourth-order valence-electron chi connectivity index (χ4n) is 4.07. The van der Waals surface area contributed by atoms with Crippen molar-refractivity contribution in [2.45, 2.75) is 42.5 Å². The van der Waals surface area contributed by atoms with Crippen LogP contribution in [0.4, 0.5) is 10.2 Å². The normalized spacial score (nSPS) is 23.7. The van der Waals surface area contributed by atoms with Gasteiger partial charge in [-0.1, -0.05) is 29.3 Å². The third-order valence-electron chi connectivity index (χ3n) is 5.83. The largest absolute Gasteiger partial charge is 0.366 e. The highest BCUT2D eigenvalue weighted by Crippen LogP contribution is 2.47. The smallest absolute Gasteiger partial charge is 0.188 e. The van der Waals surface area contributed by atoms with Gasteiger partial charge in [0, 0.05) is 12.1 Å². The highest BCUT2D eigenvalue weighted by atomic mass is 35.5. The lowest BCUT2D eigenvalue weighted by Gasteiger charge is -2.46. The second-order valence-electron chi connectivity index (χ2n) is 7.70. The Hall–Kier alpha value is -2.09. The average Bonchev–Trinajstić information content (AvgIpc) is 3.04. The monoisotopic (exact) mass is 467 g/mol. The van der Waals surface area contributed by atoms with Gasteiger partial charge in [-0.15, -0.1) is 0 Å². The van der Waals surface area contributed by atoms with E-state index in [9.17, 15) is 12.8 Å². The molecule has 1 N–H and O–H groups in total. The molecule has 9 heteroatoms. The summed E-state index contributed by atoms with van der Waals surface area (Å²) in [4.78, 5) is 0.0393. The van der Waals surface area contributed by atoms with E-state index in [0.29, 0.717) is 21.4 Å². The number of nitrogens with one attached hydrogen (secondary N) is 1. The van der Waals surface area contributed by atoms with Gasteiger partial charge in [0.25, 0.3) is 0 Å². The summed E-state index contributed by atoms with van der Waals surface area (Å²) in [6, 6.07) is 10.6. The first-order valence-corrected chi connectivity index (χ1v) is 11.6. The molecule has 0 amide bonds. The van der Waals surface area contributed by atoms with Gasteiger partial charge in [-0.05, 0) is 62.7 Å². The highest BCUT2D eigenvalue weighted by molar-refractivity contribution is 7.93. The second-order valence-corrected chi connectivity index (χ2v) is 10.9. The number of benzene rings is 2. The van der Waals surface area contributed by atoms with Gasteiger partial charge in [-0.2, -0.15) is 5.10 Å². The minimum atomic E-state index is -3.95. The maximum absolute atomic E-state index is 13.9. The molecule has 0 bridgehead atoms. The number of anilines is 1. The molecular formula is C21H20Cl2FN3O2S. The number of hydrogen-bond donors (Lipinski definition) is 1. The van der Waals surface area contributed by atoms with Crippen molar-refractivity contribution in [3.05, 3.63) is 75.7 Å². The van der Waals surface area contributed by atoms with Crippen LogP contribution in [0.3, 0.4) is 0 Å². The molecule has 30 heavy (non-hydrogen) atoms. The van der Waals surface area contributed by atoms with Gasteiger partial charge in [0.15, 0.2) is 9.84 Å². The van der Waals surface area contributed by atoms with Crippen molar-refractivity contribution in [1.82, 2.24) is 9.78 Å². The molecule has 158 valence electrons. The number of hydrogen-bond acceptors (Lipinski definition) is 4. The second kappa shape index (κ2) is 7.25. The summed E-state index contributed by atoms with van der Waals surface area (Å²) in [5.41, 5.74) is 1.41. The Labute approximate surface area is 184 Å². The Kier molecular flexibility index (Phi) is 5.11. The van der Waals surface area contributed by atoms with Crippen LogP contribution in [0.5, 0.6) is 0 Å². The number of rotatable bonds is 3. The van der Waals surface area contributed by atoms with Crippen LogP contribution < -0.4 is 5.32 Å². The molecule has 1 aliphatic heterocycles. The molecule has 2 aromatic carbocycles. The van der Waals surface area contributed by atoms with Crippen molar-refractivity contribution in [3.8, 4) is 0 Å². The molecule has 1 aliphatic rings.